The number of rotatable bonds is 8. The van der Waals surface area contributed by atoms with Gasteiger partial charge in [-0.25, -0.2) is 0 Å². The minimum absolute atomic E-state index is 0.123. The second kappa shape index (κ2) is 9.31. The van der Waals surface area contributed by atoms with Crippen molar-refractivity contribution >= 4 is 34.0 Å². The van der Waals surface area contributed by atoms with E-state index in [-0.39, 0.29) is 12.3 Å². The van der Waals surface area contributed by atoms with Crippen molar-refractivity contribution in [1.29, 1.82) is 0 Å². The number of para-hydroxylation sites is 1. The Labute approximate surface area is 161 Å². The van der Waals surface area contributed by atoms with Crippen LogP contribution in [0.3, 0.4) is 0 Å². The summed E-state index contributed by atoms with van der Waals surface area (Å²) in [5, 5.41) is 13.0. The van der Waals surface area contributed by atoms with Crippen LogP contribution in [0, 0.1) is 0 Å². The molecule has 0 bridgehead atoms. The number of nitrogens with one attached hydrogen (secondary N) is 1. The van der Waals surface area contributed by atoms with Crippen molar-refractivity contribution in [1.82, 2.24) is 10.2 Å². The number of ether oxygens (including phenoxy) is 1. The van der Waals surface area contributed by atoms with Crippen LogP contribution in [-0.2, 0) is 17.6 Å². The highest BCUT2D eigenvalue weighted by molar-refractivity contribution is 7.15. The average Bonchev–Trinajstić information content (AvgIpc) is 3.09. The second-order valence-corrected chi connectivity index (χ2v) is 7.12. The van der Waals surface area contributed by atoms with Crippen LogP contribution in [0.5, 0.6) is 5.75 Å². The predicted molar refractivity (Wildman–Crippen MR) is 104 cm³/mol. The lowest BCUT2D eigenvalue weighted by atomic mass is 10.1. The fourth-order valence-corrected chi connectivity index (χ4v) is 3.21. The first-order valence-corrected chi connectivity index (χ1v) is 9.43. The highest BCUT2D eigenvalue weighted by atomic mass is 35.5. The van der Waals surface area contributed by atoms with Gasteiger partial charge in [0.2, 0.25) is 11.0 Å². The number of benzene rings is 2. The first kappa shape index (κ1) is 18.4. The van der Waals surface area contributed by atoms with Gasteiger partial charge in [0.05, 0.1) is 13.0 Å². The van der Waals surface area contributed by atoms with Gasteiger partial charge < -0.3 is 10.1 Å². The van der Waals surface area contributed by atoms with Gasteiger partial charge in [0.25, 0.3) is 0 Å². The van der Waals surface area contributed by atoms with Gasteiger partial charge in [0.15, 0.2) is 0 Å². The van der Waals surface area contributed by atoms with Gasteiger partial charge in [-0.2, -0.15) is 0 Å². The van der Waals surface area contributed by atoms with E-state index in [1.54, 1.807) is 12.1 Å². The molecule has 3 rings (SSSR count). The SMILES string of the molecule is O=C(Cc1ccc(Cl)cc1)Nc1nnc(CCCOc2ccccc2)s1. The lowest BCUT2D eigenvalue weighted by Gasteiger charge is -2.04. The summed E-state index contributed by atoms with van der Waals surface area (Å²) in [7, 11) is 0. The molecule has 1 N–H and O–H groups in total. The van der Waals surface area contributed by atoms with E-state index < -0.39 is 0 Å². The third-order valence-corrected chi connectivity index (χ3v) is 4.69. The molecule has 7 heteroatoms. The molecule has 0 spiro atoms. The number of halogens is 1. The Morgan fingerprint density at radius 1 is 1.08 bits per heavy atom. The molecule has 0 aliphatic rings. The molecule has 1 heterocycles. The van der Waals surface area contributed by atoms with Crippen LogP contribution in [-0.4, -0.2) is 22.7 Å². The third-order valence-electron chi connectivity index (χ3n) is 3.54. The molecular formula is C19H18ClN3O2S. The number of hydrogen-bond donors (Lipinski definition) is 1. The number of amides is 1. The molecule has 26 heavy (non-hydrogen) atoms. The minimum atomic E-state index is -0.123. The first-order valence-electron chi connectivity index (χ1n) is 8.23. The lowest BCUT2D eigenvalue weighted by molar-refractivity contribution is -0.115. The molecule has 1 aromatic heterocycles. The second-order valence-electron chi connectivity index (χ2n) is 5.62. The largest absolute Gasteiger partial charge is 0.494 e. The number of anilines is 1. The zero-order valence-electron chi connectivity index (χ0n) is 14.0. The zero-order chi connectivity index (χ0) is 18.2. The molecule has 134 valence electrons. The Hall–Kier alpha value is -2.44. The summed E-state index contributed by atoms with van der Waals surface area (Å²) in [5.41, 5.74) is 0.898. The van der Waals surface area contributed by atoms with E-state index in [1.165, 1.54) is 11.3 Å². The standard InChI is InChI=1S/C19H18ClN3O2S/c20-15-10-8-14(9-11-15)13-17(24)21-19-23-22-18(26-19)7-4-12-25-16-5-2-1-3-6-16/h1-3,5-6,8-11H,4,7,12-13H2,(H,21,23,24). The van der Waals surface area contributed by atoms with E-state index in [2.05, 4.69) is 15.5 Å². The van der Waals surface area contributed by atoms with Gasteiger partial charge in [-0.1, -0.05) is 53.3 Å². The van der Waals surface area contributed by atoms with Crippen LogP contribution in [0.15, 0.2) is 54.6 Å². The number of carbonyl (C=O) groups is 1. The van der Waals surface area contributed by atoms with E-state index in [4.69, 9.17) is 16.3 Å². The van der Waals surface area contributed by atoms with Crippen molar-refractivity contribution in [2.75, 3.05) is 11.9 Å². The van der Waals surface area contributed by atoms with Crippen molar-refractivity contribution in [2.24, 2.45) is 0 Å². The van der Waals surface area contributed by atoms with Crippen molar-refractivity contribution < 1.29 is 9.53 Å². The van der Waals surface area contributed by atoms with Crippen LogP contribution in [0.4, 0.5) is 5.13 Å². The van der Waals surface area contributed by atoms with Gasteiger partial charge in [0, 0.05) is 11.4 Å². The number of nitrogens with zero attached hydrogens (tertiary/aromatic N) is 2. The van der Waals surface area contributed by atoms with Crippen LogP contribution < -0.4 is 10.1 Å². The molecule has 0 aliphatic carbocycles. The van der Waals surface area contributed by atoms with Gasteiger partial charge >= 0.3 is 0 Å². The predicted octanol–water partition coefficient (Wildman–Crippen LogP) is 4.38. The molecular weight excluding hydrogens is 370 g/mol. The van der Waals surface area contributed by atoms with E-state index in [0.29, 0.717) is 16.8 Å². The minimum Gasteiger partial charge on any atom is -0.494 e. The summed E-state index contributed by atoms with van der Waals surface area (Å²) in [4.78, 5) is 12.1. The van der Waals surface area contributed by atoms with Crippen molar-refractivity contribution in [3.8, 4) is 5.75 Å². The maximum atomic E-state index is 12.1. The molecule has 3 aromatic rings. The Morgan fingerprint density at radius 2 is 1.85 bits per heavy atom. The van der Waals surface area contributed by atoms with Gasteiger partial charge in [-0.3, -0.25) is 4.79 Å². The summed E-state index contributed by atoms with van der Waals surface area (Å²) in [6.07, 6.45) is 1.87. The Kier molecular flexibility index (Phi) is 6.57. The maximum absolute atomic E-state index is 12.1. The molecule has 5 nitrogen and oxygen atoms in total. The molecule has 0 saturated carbocycles. The summed E-state index contributed by atoms with van der Waals surface area (Å²) in [6.45, 7) is 0.613. The smallest absolute Gasteiger partial charge is 0.230 e. The summed E-state index contributed by atoms with van der Waals surface area (Å²) >= 11 is 7.23. The van der Waals surface area contributed by atoms with Gasteiger partial charge in [-0.15, -0.1) is 10.2 Å². The van der Waals surface area contributed by atoms with E-state index in [1.807, 2.05) is 42.5 Å². The Bertz CT molecular complexity index is 838. The van der Waals surface area contributed by atoms with Crippen molar-refractivity contribution in [3.63, 3.8) is 0 Å². The molecule has 0 fully saturated rings. The van der Waals surface area contributed by atoms with Crippen LogP contribution in [0.2, 0.25) is 5.02 Å². The Balaban J connectivity index is 1.41. The number of carbonyl (C=O) groups excluding carboxylic acids is 1. The van der Waals surface area contributed by atoms with Crippen molar-refractivity contribution in [3.05, 3.63) is 70.2 Å². The van der Waals surface area contributed by atoms with Gasteiger partial charge in [0.1, 0.15) is 10.8 Å². The number of aromatic nitrogens is 2. The average molecular weight is 388 g/mol. The monoisotopic (exact) mass is 387 g/mol. The lowest BCUT2D eigenvalue weighted by Crippen LogP contribution is -2.14. The maximum Gasteiger partial charge on any atom is 0.230 e. The van der Waals surface area contributed by atoms with Crippen molar-refractivity contribution in [2.45, 2.75) is 19.3 Å². The quantitative estimate of drug-likeness (QED) is 0.582. The van der Waals surface area contributed by atoms with Crippen LogP contribution in [0.25, 0.3) is 0 Å². The molecule has 0 aliphatic heterocycles. The van der Waals surface area contributed by atoms with Crippen LogP contribution >= 0.6 is 22.9 Å². The summed E-state index contributed by atoms with van der Waals surface area (Å²) in [6, 6.07) is 16.9. The number of hydrogen-bond acceptors (Lipinski definition) is 5. The zero-order valence-corrected chi connectivity index (χ0v) is 15.6. The van der Waals surface area contributed by atoms with Crippen LogP contribution in [0.1, 0.15) is 17.0 Å². The highest BCUT2D eigenvalue weighted by Crippen LogP contribution is 2.18. The summed E-state index contributed by atoms with van der Waals surface area (Å²) < 4.78 is 5.65. The van der Waals surface area contributed by atoms with E-state index >= 15 is 0 Å². The highest BCUT2D eigenvalue weighted by Gasteiger charge is 2.09. The third kappa shape index (κ3) is 5.82. The molecule has 0 unspecified atom stereocenters. The normalized spacial score (nSPS) is 10.5. The molecule has 0 atom stereocenters. The fourth-order valence-electron chi connectivity index (χ4n) is 2.29. The first-order chi connectivity index (χ1) is 12.7. The molecule has 2 aromatic carbocycles. The topological polar surface area (TPSA) is 64.1 Å². The van der Waals surface area contributed by atoms with Gasteiger partial charge in [-0.05, 0) is 36.2 Å². The molecule has 1 amide bonds. The summed E-state index contributed by atoms with van der Waals surface area (Å²) in [5.74, 6) is 0.738. The van der Waals surface area contributed by atoms with E-state index in [0.717, 1.165) is 29.2 Å². The van der Waals surface area contributed by atoms with E-state index in [9.17, 15) is 4.79 Å². The Morgan fingerprint density at radius 3 is 2.62 bits per heavy atom. The molecule has 0 saturated heterocycles. The fraction of sp³-hybridized carbons (Fsp3) is 0.211. The number of aryl methyl sites for hydroxylation is 1. The molecule has 0 radical (unpaired) electrons.